The number of aliphatic carboxylic acids is 1. The van der Waals surface area contributed by atoms with Gasteiger partial charge in [-0.1, -0.05) is 23.7 Å². The highest BCUT2D eigenvalue weighted by Gasteiger charge is 1.99. The number of benzene rings is 1. The highest BCUT2D eigenvalue weighted by atomic mass is 35.5. The average Bonchev–Trinajstić information content (AvgIpc) is 2.26. The number of aromatic nitrogens is 1. The van der Waals surface area contributed by atoms with Crippen LogP contribution in [0.5, 0.6) is 0 Å². The summed E-state index contributed by atoms with van der Waals surface area (Å²) < 4.78 is 0. The van der Waals surface area contributed by atoms with Gasteiger partial charge in [-0.2, -0.15) is 0 Å². The summed E-state index contributed by atoms with van der Waals surface area (Å²) in [6, 6.07) is 7.14. The molecule has 0 aliphatic carbocycles. The van der Waals surface area contributed by atoms with Crippen LogP contribution in [0.4, 0.5) is 0 Å². The molecule has 1 aromatic heterocycles. The van der Waals surface area contributed by atoms with E-state index >= 15 is 0 Å². The third kappa shape index (κ3) is 2.20. The number of fused-ring (bicyclic) bond motifs is 1. The fourth-order valence-corrected chi connectivity index (χ4v) is 1.62. The molecule has 80 valence electrons. The lowest BCUT2D eigenvalue weighted by molar-refractivity contribution is -0.131. The molecular formula is C12H8ClNO2. The van der Waals surface area contributed by atoms with Crippen LogP contribution in [-0.4, -0.2) is 16.1 Å². The zero-order chi connectivity index (χ0) is 11.5. The van der Waals surface area contributed by atoms with Crippen molar-refractivity contribution < 1.29 is 9.90 Å². The minimum absolute atomic E-state index is 0.638. The van der Waals surface area contributed by atoms with E-state index in [2.05, 4.69) is 4.98 Å². The molecule has 1 N–H and O–H groups in total. The lowest BCUT2D eigenvalue weighted by Crippen LogP contribution is -1.86. The van der Waals surface area contributed by atoms with E-state index < -0.39 is 5.97 Å². The molecule has 0 spiro atoms. The summed E-state index contributed by atoms with van der Waals surface area (Å²) in [5, 5.41) is 10.0. The van der Waals surface area contributed by atoms with Gasteiger partial charge in [0.15, 0.2) is 0 Å². The molecule has 0 fully saturated rings. The molecule has 0 saturated carbocycles. The summed E-state index contributed by atoms with van der Waals surface area (Å²) in [5.74, 6) is -0.973. The van der Waals surface area contributed by atoms with Gasteiger partial charge in [-0.25, -0.2) is 4.79 Å². The van der Waals surface area contributed by atoms with Crippen molar-refractivity contribution in [2.45, 2.75) is 0 Å². The van der Waals surface area contributed by atoms with Crippen LogP contribution in [0.3, 0.4) is 0 Å². The van der Waals surface area contributed by atoms with Crippen LogP contribution >= 0.6 is 11.6 Å². The molecule has 0 atom stereocenters. The second kappa shape index (κ2) is 4.33. The molecule has 0 radical (unpaired) electrons. The summed E-state index contributed by atoms with van der Waals surface area (Å²) >= 11 is 5.98. The van der Waals surface area contributed by atoms with Crippen molar-refractivity contribution in [3.8, 4) is 0 Å². The van der Waals surface area contributed by atoms with Crippen LogP contribution in [0.25, 0.3) is 17.0 Å². The molecular weight excluding hydrogens is 226 g/mol. The first kappa shape index (κ1) is 10.6. The van der Waals surface area contributed by atoms with Gasteiger partial charge in [0.2, 0.25) is 0 Å². The van der Waals surface area contributed by atoms with Gasteiger partial charge in [-0.15, -0.1) is 0 Å². The van der Waals surface area contributed by atoms with Gasteiger partial charge in [0.1, 0.15) is 0 Å². The van der Waals surface area contributed by atoms with Gasteiger partial charge in [-0.3, -0.25) is 4.98 Å². The Hall–Kier alpha value is -1.87. The molecule has 4 heteroatoms. The van der Waals surface area contributed by atoms with E-state index in [-0.39, 0.29) is 0 Å². The molecule has 16 heavy (non-hydrogen) atoms. The molecule has 3 nitrogen and oxygen atoms in total. The van der Waals surface area contributed by atoms with E-state index in [0.29, 0.717) is 5.02 Å². The van der Waals surface area contributed by atoms with E-state index in [1.54, 1.807) is 24.4 Å². The summed E-state index contributed by atoms with van der Waals surface area (Å²) in [5.41, 5.74) is 1.53. The van der Waals surface area contributed by atoms with Crippen LogP contribution < -0.4 is 0 Å². The van der Waals surface area contributed by atoms with Crippen LogP contribution in [0.1, 0.15) is 5.56 Å². The summed E-state index contributed by atoms with van der Waals surface area (Å²) in [7, 11) is 0. The highest BCUT2D eigenvalue weighted by Crippen LogP contribution is 2.22. The number of carboxylic acids is 1. The Morgan fingerprint density at radius 2 is 2.19 bits per heavy atom. The fourth-order valence-electron chi connectivity index (χ4n) is 1.40. The van der Waals surface area contributed by atoms with Crippen molar-refractivity contribution in [2.24, 2.45) is 0 Å². The van der Waals surface area contributed by atoms with Gasteiger partial charge >= 0.3 is 5.97 Å². The monoisotopic (exact) mass is 233 g/mol. The fraction of sp³-hybridized carbons (Fsp3) is 0. The minimum Gasteiger partial charge on any atom is -0.478 e. The smallest absolute Gasteiger partial charge is 0.328 e. The number of pyridine rings is 1. The van der Waals surface area contributed by atoms with Crippen molar-refractivity contribution in [3.05, 3.63) is 47.1 Å². The maximum absolute atomic E-state index is 10.4. The second-order valence-corrected chi connectivity index (χ2v) is 3.65. The van der Waals surface area contributed by atoms with Gasteiger partial charge in [-0.05, 0) is 23.8 Å². The van der Waals surface area contributed by atoms with E-state index in [4.69, 9.17) is 16.7 Å². The Kier molecular flexibility index (Phi) is 2.88. The predicted molar refractivity (Wildman–Crippen MR) is 63.4 cm³/mol. The Morgan fingerprint density at radius 3 is 2.94 bits per heavy atom. The molecule has 0 bridgehead atoms. The van der Waals surface area contributed by atoms with Crippen LogP contribution in [0.15, 0.2) is 36.5 Å². The van der Waals surface area contributed by atoms with Crippen LogP contribution in [0.2, 0.25) is 5.02 Å². The third-order valence-corrected chi connectivity index (χ3v) is 2.46. The molecule has 1 heterocycles. The molecule has 0 amide bonds. The first-order chi connectivity index (χ1) is 7.66. The van der Waals surface area contributed by atoms with Crippen molar-refractivity contribution in [3.63, 3.8) is 0 Å². The number of nitrogens with zero attached hydrogens (tertiary/aromatic N) is 1. The number of hydrogen-bond donors (Lipinski definition) is 1. The Labute approximate surface area is 97.0 Å². The second-order valence-electron chi connectivity index (χ2n) is 3.24. The van der Waals surface area contributed by atoms with Crippen molar-refractivity contribution in [1.82, 2.24) is 4.98 Å². The Morgan fingerprint density at radius 1 is 1.38 bits per heavy atom. The molecule has 0 unspecified atom stereocenters. The number of hydrogen-bond acceptors (Lipinski definition) is 2. The molecule has 0 saturated heterocycles. The van der Waals surface area contributed by atoms with E-state index in [1.807, 2.05) is 6.07 Å². The Bertz CT molecular complexity index is 578. The molecule has 2 aromatic rings. The quantitative estimate of drug-likeness (QED) is 0.812. The molecule has 2 rings (SSSR count). The van der Waals surface area contributed by atoms with E-state index in [1.165, 1.54) is 6.08 Å². The summed E-state index contributed by atoms with van der Waals surface area (Å²) in [6.45, 7) is 0. The maximum atomic E-state index is 10.4. The van der Waals surface area contributed by atoms with Gasteiger partial charge < -0.3 is 5.11 Å². The number of rotatable bonds is 2. The van der Waals surface area contributed by atoms with Crippen molar-refractivity contribution >= 4 is 34.5 Å². The zero-order valence-corrected chi connectivity index (χ0v) is 8.98. The van der Waals surface area contributed by atoms with E-state index in [9.17, 15) is 4.79 Å². The van der Waals surface area contributed by atoms with Crippen molar-refractivity contribution in [2.75, 3.05) is 0 Å². The lowest BCUT2D eigenvalue weighted by atomic mass is 10.1. The van der Waals surface area contributed by atoms with Crippen LogP contribution in [0, 0.1) is 0 Å². The number of carbonyl (C=O) groups is 1. The number of carboxylic acid groups (broad SMARTS) is 1. The van der Waals surface area contributed by atoms with Crippen molar-refractivity contribution in [1.29, 1.82) is 0 Å². The summed E-state index contributed by atoms with van der Waals surface area (Å²) in [6.07, 6.45) is 4.23. The van der Waals surface area contributed by atoms with Gasteiger partial charge in [0, 0.05) is 17.7 Å². The number of halogens is 1. The standard InChI is InChI=1S/C12H8ClNO2/c13-10-5-6-14-11-7-8(1-3-9(10)11)2-4-12(15)16/h1-7H,(H,15,16). The van der Waals surface area contributed by atoms with E-state index in [0.717, 1.165) is 22.5 Å². The van der Waals surface area contributed by atoms with Gasteiger partial charge in [0.05, 0.1) is 10.5 Å². The maximum Gasteiger partial charge on any atom is 0.328 e. The topological polar surface area (TPSA) is 50.2 Å². The Balaban J connectivity index is 2.49. The average molecular weight is 234 g/mol. The zero-order valence-electron chi connectivity index (χ0n) is 8.22. The molecule has 0 aliphatic heterocycles. The van der Waals surface area contributed by atoms with Gasteiger partial charge in [0.25, 0.3) is 0 Å². The highest BCUT2D eigenvalue weighted by molar-refractivity contribution is 6.35. The minimum atomic E-state index is -0.973. The normalized spacial score (nSPS) is 11.1. The molecule has 0 aliphatic rings. The molecule has 1 aromatic carbocycles. The van der Waals surface area contributed by atoms with Crippen LogP contribution in [-0.2, 0) is 4.79 Å². The SMILES string of the molecule is O=C(O)C=Cc1ccc2c(Cl)ccnc2c1. The predicted octanol–water partition coefficient (Wildman–Crippen LogP) is 2.99. The summed E-state index contributed by atoms with van der Waals surface area (Å²) in [4.78, 5) is 14.5. The first-order valence-corrected chi connectivity index (χ1v) is 5.00. The third-order valence-electron chi connectivity index (χ3n) is 2.13. The lowest BCUT2D eigenvalue weighted by Gasteiger charge is -2.00. The largest absolute Gasteiger partial charge is 0.478 e. The first-order valence-electron chi connectivity index (χ1n) is 4.62.